The van der Waals surface area contributed by atoms with Crippen LogP contribution in [0.2, 0.25) is 0 Å². The number of nitrogens with one attached hydrogen (secondary N) is 2. The first-order valence-electron chi connectivity index (χ1n) is 8.94. The first-order chi connectivity index (χ1) is 12.6. The van der Waals surface area contributed by atoms with E-state index in [9.17, 15) is 4.79 Å². The number of hydrogen-bond acceptors (Lipinski definition) is 4. The molecule has 0 radical (unpaired) electrons. The molecule has 7 heteroatoms. The number of carbonyl (C=O) groups is 1. The molecule has 3 heterocycles. The molecule has 3 aromatic rings. The van der Waals surface area contributed by atoms with Crippen LogP contribution in [0.3, 0.4) is 0 Å². The van der Waals surface area contributed by atoms with Gasteiger partial charge in [0.1, 0.15) is 6.33 Å². The maximum absolute atomic E-state index is 12.2. The first-order valence-corrected chi connectivity index (χ1v) is 8.94. The van der Waals surface area contributed by atoms with E-state index in [0.29, 0.717) is 18.3 Å². The predicted octanol–water partition coefficient (Wildman–Crippen LogP) is 2.43. The van der Waals surface area contributed by atoms with Crippen LogP contribution in [0.25, 0.3) is 10.9 Å². The molecule has 4 rings (SSSR count). The third-order valence-corrected chi connectivity index (χ3v) is 5.16. The van der Waals surface area contributed by atoms with E-state index in [1.54, 1.807) is 7.05 Å². The standard InChI is InChI=1S/C19H23N5O2/c1-12-15-9-13(10-20-19(25)18-21-11-22-24(18)2)3-4-16(15)23-17(12)14-5-7-26-8-6-14/h3-4,9,11,14,23H,5-8,10H2,1-2H3,(H,20,25). The molecule has 7 nitrogen and oxygen atoms in total. The summed E-state index contributed by atoms with van der Waals surface area (Å²) in [6.07, 6.45) is 3.50. The third kappa shape index (κ3) is 3.10. The summed E-state index contributed by atoms with van der Waals surface area (Å²) in [5.74, 6) is 0.625. The molecule has 1 aliphatic heterocycles. The maximum Gasteiger partial charge on any atom is 0.289 e. The van der Waals surface area contributed by atoms with Crippen molar-refractivity contribution < 1.29 is 9.53 Å². The Balaban J connectivity index is 1.53. The minimum Gasteiger partial charge on any atom is -0.381 e. The molecule has 0 atom stereocenters. The highest BCUT2D eigenvalue weighted by atomic mass is 16.5. The molecule has 1 fully saturated rings. The lowest BCUT2D eigenvalue weighted by Gasteiger charge is -2.21. The zero-order valence-electron chi connectivity index (χ0n) is 15.1. The molecule has 136 valence electrons. The number of aromatic nitrogens is 4. The van der Waals surface area contributed by atoms with E-state index in [-0.39, 0.29) is 5.91 Å². The van der Waals surface area contributed by atoms with Crippen molar-refractivity contribution in [3.8, 4) is 0 Å². The van der Waals surface area contributed by atoms with E-state index in [1.807, 2.05) is 6.07 Å². The lowest BCUT2D eigenvalue weighted by atomic mass is 9.93. The average molecular weight is 353 g/mol. The molecule has 1 amide bonds. The Morgan fingerprint density at radius 2 is 2.19 bits per heavy atom. The highest BCUT2D eigenvalue weighted by molar-refractivity contribution is 5.90. The van der Waals surface area contributed by atoms with Gasteiger partial charge in [0.2, 0.25) is 5.82 Å². The van der Waals surface area contributed by atoms with Crippen molar-refractivity contribution in [1.29, 1.82) is 0 Å². The summed E-state index contributed by atoms with van der Waals surface area (Å²) in [6.45, 7) is 4.29. The van der Waals surface area contributed by atoms with Crippen LogP contribution in [0.1, 0.15) is 46.2 Å². The van der Waals surface area contributed by atoms with E-state index in [1.165, 1.54) is 27.7 Å². The Morgan fingerprint density at radius 1 is 1.38 bits per heavy atom. The maximum atomic E-state index is 12.2. The number of hydrogen-bond donors (Lipinski definition) is 2. The second kappa shape index (κ2) is 6.92. The number of carbonyl (C=O) groups excluding carboxylic acids is 1. The predicted molar refractivity (Wildman–Crippen MR) is 98.0 cm³/mol. The van der Waals surface area contributed by atoms with Gasteiger partial charge in [0, 0.05) is 49.3 Å². The Hall–Kier alpha value is -2.67. The SMILES string of the molecule is Cc1c(C2CCOCC2)[nH]c2ccc(CNC(=O)c3ncnn3C)cc12. The summed E-state index contributed by atoms with van der Waals surface area (Å²) in [5, 5.41) is 8.05. The van der Waals surface area contributed by atoms with Gasteiger partial charge in [-0.25, -0.2) is 9.67 Å². The average Bonchev–Trinajstić information content (AvgIpc) is 3.24. The molecular weight excluding hydrogens is 330 g/mol. The molecule has 2 aromatic heterocycles. The van der Waals surface area contributed by atoms with Crippen molar-refractivity contribution in [2.75, 3.05) is 13.2 Å². The monoisotopic (exact) mass is 353 g/mol. The fraction of sp³-hybridized carbons (Fsp3) is 0.421. The van der Waals surface area contributed by atoms with Crippen LogP contribution in [0.4, 0.5) is 0 Å². The summed E-state index contributed by atoms with van der Waals surface area (Å²) >= 11 is 0. The number of aryl methyl sites for hydroxylation is 2. The number of aromatic amines is 1. The van der Waals surface area contributed by atoms with Gasteiger partial charge in [-0.1, -0.05) is 6.07 Å². The largest absolute Gasteiger partial charge is 0.381 e. The van der Waals surface area contributed by atoms with Gasteiger partial charge in [0.25, 0.3) is 5.91 Å². The highest BCUT2D eigenvalue weighted by Gasteiger charge is 2.21. The molecule has 0 aliphatic carbocycles. The number of rotatable bonds is 4. The summed E-state index contributed by atoms with van der Waals surface area (Å²) in [4.78, 5) is 19.8. The third-order valence-electron chi connectivity index (χ3n) is 5.16. The van der Waals surface area contributed by atoms with E-state index in [4.69, 9.17) is 4.74 Å². The van der Waals surface area contributed by atoms with Gasteiger partial charge in [0.15, 0.2) is 0 Å². The molecule has 0 saturated carbocycles. The summed E-state index contributed by atoms with van der Waals surface area (Å²) in [6, 6.07) is 6.29. The zero-order chi connectivity index (χ0) is 18.1. The first kappa shape index (κ1) is 16.8. The molecule has 1 saturated heterocycles. The smallest absolute Gasteiger partial charge is 0.289 e. The second-order valence-corrected chi connectivity index (χ2v) is 6.82. The van der Waals surface area contributed by atoms with Gasteiger partial charge in [-0.2, -0.15) is 5.10 Å². The zero-order valence-corrected chi connectivity index (χ0v) is 15.1. The van der Waals surface area contributed by atoms with E-state index in [2.05, 4.69) is 39.4 Å². The lowest BCUT2D eigenvalue weighted by molar-refractivity contribution is 0.0845. The molecular formula is C19H23N5O2. The molecule has 2 N–H and O–H groups in total. The van der Waals surface area contributed by atoms with Crippen LogP contribution < -0.4 is 5.32 Å². The topological polar surface area (TPSA) is 84.8 Å². The summed E-state index contributed by atoms with van der Waals surface area (Å²) in [5.41, 5.74) is 4.83. The molecule has 26 heavy (non-hydrogen) atoms. The van der Waals surface area contributed by atoms with Crippen LogP contribution in [-0.2, 0) is 18.3 Å². The van der Waals surface area contributed by atoms with Crippen molar-refractivity contribution in [3.63, 3.8) is 0 Å². The van der Waals surface area contributed by atoms with Crippen LogP contribution >= 0.6 is 0 Å². The fourth-order valence-corrected chi connectivity index (χ4v) is 3.66. The van der Waals surface area contributed by atoms with Gasteiger partial charge in [-0.05, 0) is 43.0 Å². The fourth-order valence-electron chi connectivity index (χ4n) is 3.66. The van der Waals surface area contributed by atoms with Crippen LogP contribution in [0.5, 0.6) is 0 Å². The van der Waals surface area contributed by atoms with Gasteiger partial charge in [0.05, 0.1) is 0 Å². The number of H-pyrrole nitrogens is 1. The summed E-state index contributed by atoms with van der Waals surface area (Å²) in [7, 11) is 1.70. The Labute approximate surface area is 151 Å². The van der Waals surface area contributed by atoms with Gasteiger partial charge in [-0.3, -0.25) is 4.79 Å². The van der Waals surface area contributed by atoms with E-state index < -0.39 is 0 Å². The second-order valence-electron chi connectivity index (χ2n) is 6.82. The number of fused-ring (bicyclic) bond motifs is 1. The van der Waals surface area contributed by atoms with Crippen molar-refractivity contribution in [2.45, 2.75) is 32.2 Å². The van der Waals surface area contributed by atoms with Crippen molar-refractivity contribution in [3.05, 3.63) is 47.2 Å². The quantitative estimate of drug-likeness (QED) is 0.754. The van der Waals surface area contributed by atoms with E-state index >= 15 is 0 Å². The van der Waals surface area contributed by atoms with Crippen molar-refractivity contribution >= 4 is 16.8 Å². The number of benzene rings is 1. The minimum atomic E-state index is -0.223. The normalized spacial score (nSPS) is 15.5. The lowest BCUT2D eigenvalue weighted by Crippen LogP contribution is -2.25. The van der Waals surface area contributed by atoms with Crippen molar-refractivity contribution in [1.82, 2.24) is 25.1 Å². The molecule has 1 aromatic carbocycles. The number of ether oxygens (including phenoxy) is 1. The molecule has 1 aliphatic rings. The van der Waals surface area contributed by atoms with Gasteiger partial charge >= 0.3 is 0 Å². The summed E-state index contributed by atoms with van der Waals surface area (Å²) < 4.78 is 6.95. The number of nitrogens with zero attached hydrogens (tertiary/aromatic N) is 3. The van der Waals surface area contributed by atoms with E-state index in [0.717, 1.165) is 37.1 Å². The minimum absolute atomic E-state index is 0.223. The Bertz CT molecular complexity index is 937. The highest BCUT2D eigenvalue weighted by Crippen LogP contribution is 2.33. The molecule has 0 bridgehead atoms. The molecule has 0 unspecified atom stereocenters. The number of amides is 1. The molecule has 0 spiro atoms. The Morgan fingerprint density at radius 3 is 2.92 bits per heavy atom. The van der Waals surface area contributed by atoms with Gasteiger partial charge in [-0.15, -0.1) is 0 Å². The van der Waals surface area contributed by atoms with Crippen molar-refractivity contribution in [2.24, 2.45) is 7.05 Å². The van der Waals surface area contributed by atoms with Crippen LogP contribution in [0.15, 0.2) is 24.5 Å². The van der Waals surface area contributed by atoms with Crippen LogP contribution in [0, 0.1) is 6.92 Å². The Kier molecular flexibility index (Phi) is 4.46. The van der Waals surface area contributed by atoms with Gasteiger partial charge < -0.3 is 15.0 Å². The van der Waals surface area contributed by atoms with Crippen LogP contribution in [-0.4, -0.2) is 38.9 Å².